The van der Waals surface area contributed by atoms with Crippen LogP contribution in [0, 0.1) is 0 Å². The third kappa shape index (κ3) is 6.10. The van der Waals surface area contributed by atoms with Gasteiger partial charge >= 0.3 is 0 Å². The summed E-state index contributed by atoms with van der Waals surface area (Å²) in [5.74, 6) is 0. The molecule has 1 aliphatic rings. The summed E-state index contributed by atoms with van der Waals surface area (Å²) in [6, 6.07) is 0.608. The molecule has 0 spiro atoms. The van der Waals surface area contributed by atoms with Gasteiger partial charge in [-0.15, -0.1) is 0 Å². The van der Waals surface area contributed by atoms with Gasteiger partial charge in [0.15, 0.2) is 0 Å². The minimum absolute atomic E-state index is 0.608. The van der Waals surface area contributed by atoms with Crippen molar-refractivity contribution in [3.8, 4) is 0 Å². The number of piperazine rings is 1. The second-order valence-corrected chi connectivity index (χ2v) is 4.38. The second-order valence-electron chi connectivity index (χ2n) is 4.38. The van der Waals surface area contributed by atoms with Gasteiger partial charge in [0, 0.05) is 45.3 Å². The van der Waals surface area contributed by atoms with E-state index in [4.69, 9.17) is 5.73 Å². The fourth-order valence-electron chi connectivity index (χ4n) is 1.93. The molecule has 4 nitrogen and oxygen atoms in total. The van der Waals surface area contributed by atoms with Crippen LogP contribution in [0.2, 0.25) is 0 Å². The number of rotatable bonds is 7. The zero-order valence-electron chi connectivity index (χ0n) is 9.97. The standard InChI is InChI=1S/C11H26N4/c1-11(3-2-4-12)14-7-10-15-8-5-13-6-9-15/h11,13-14H,2-10,12H2,1H3. The lowest BCUT2D eigenvalue weighted by atomic mass is 10.2. The summed E-state index contributed by atoms with van der Waals surface area (Å²) in [6.45, 7) is 10.0. The van der Waals surface area contributed by atoms with Crippen LogP contribution in [-0.2, 0) is 0 Å². The SMILES string of the molecule is CC(CCCN)NCCN1CCNCC1. The predicted octanol–water partition coefficient (Wildman–Crippen LogP) is -0.391. The van der Waals surface area contributed by atoms with Gasteiger partial charge in [-0.25, -0.2) is 0 Å². The number of nitrogens with one attached hydrogen (secondary N) is 2. The van der Waals surface area contributed by atoms with E-state index in [0.29, 0.717) is 6.04 Å². The van der Waals surface area contributed by atoms with Crippen LogP contribution in [0.25, 0.3) is 0 Å². The van der Waals surface area contributed by atoms with Crippen LogP contribution < -0.4 is 16.4 Å². The average Bonchev–Trinajstić information content (AvgIpc) is 2.28. The van der Waals surface area contributed by atoms with E-state index in [1.807, 2.05) is 0 Å². The van der Waals surface area contributed by atoms with E-state index in [0.717, 1.165) is 32.6 Å². The van der Waals surface area contributed by atoms with E-state index in [2.05, 4.69) is 22.5 Å². The zero-order chi connectivity index (χ0) is 10.9. The van der Waals surface area contributed by atoms with E-state index in [-0.39, 0.29) is 0 Å². The highest BCUT2D eigenvalue weighted by atomic mass is 15.2. The van der Waals surface area contributed by atoms with Gasteiger partial charge in [-0.2, -0.15) is 0 Å². The Bertz CT molecular complexity index is 146. The topological polar surface area (TPSA) is 53.3 Å². The largest absolute Gasteiger partial charge is 0.330 e. The number of hydrogen-bond donors (Lipinski definition) is 3. The van der Waals surface area contributed by atoms with Crippen LogP contribution in [0.1, 0.15) is 19.8 Å². The summed E-state index contributed by atoms with van der Waals surface area (Å²) in [6.07, 6.45) is 2.32. The summed E-state index contributed by atoms with van der Waals surface area (Å²) < 4.78 is 0. The maximum Gasteiger partial charge on any atom is 0.0108 e. The van der Waals surface area contributed by atoms with E-state index in [1.54, 1.807) is 0 Å². The molecule has 4 N–H and O–H groups in total. The van der Waals surface area contributed by atoms with Crippen LogP contribution in [0.5, 0.6) is 0 Å². The molecular weight excluding hydrogens is 188 g/mol. The van der Waals surface area contributed by atoms with E-state index in [9.17, 15) is 0 Å². The predicted molar refractivity (Wildman–Crippen MR) is 65.1 cm³/mol. The Morgan fingerprint density at radius 2 is 2.13 bits per heavy atom. The van der Waals surface area contributed by atoms with Gasteiger partial charge in [-0.3, -0.25) is 4.90 Å². The van der Waals surface area contributed by atoms with Gasteiger partial charge in [-0.1, -0.05) is 0 Å². The van der Waals surface area contributed by atoms with Crippen LogP contribution in [0.4, 0.5) is 0 Å². The van der Waals surface area contributed by atoms with Crippen molar-refractivity contribution in [2.75, 3.05) is 45.8 Å². The molecular formula is C11H26N4. The van der Waals surface area contributed by atoms with Gasteiger partial charge in [0.2, 0.25) is 0 Å². The molecule has 1 rings (SSSR count). The molecule has 1 unspecified atom stereocenters. The normalized spacial score (nSPS) is 20.4. The first-order chi connectivity index (χ1) is 7.33. The minimum atomic E-state index is 0.608. The number of hydrogen-bond acceptors (Lipinski definition) is 4. The summed E-state index contributed by atoms with van der Waals surface area (Å²) in [4.78, 5) is 2.51. The van der Waals surface area contributed by atoms with E-state index < -0.39 is 0 Å². The lowest BCUT2D eigenvalue weighted by Crippen LogP contribution is -2.46. The molecule has 0 amide bonds. The van der Waals surface area contributed by atoms with Gasteiger partial charge in [-0.05, 0) is 26.3 Å². The third-order valence-corrected chi connectivity index (χ3v) is 2.97. The van der Waals surface area contributed by atoms with E-state index in [1.165, 1.54) is 26.1 Å². The first-order valence-corrected chi connectivity index (χ1v) is 6.19. The summed E-state index contributed by atoms with van der Waals surface area (Å²) in [5, 5.41) is 6.91. The maximum atomic E-state index is 5.48. The molecule has 1 heterocycles. The van der Waals surface area contributed by atoms with Crippen molar-refractivity contribution < 1.29 is 0 Å². The molecule has 1 aliphatic heterocycles. The highest BCUT2D eigenvalue weighted by Crippen LogP contribution is 1.95. The number of nitrogens with two attached hydrogens (primary N) is 1. The van der Waals surface area contributed by atoms with Crippen molar-refractivity contribution in [3.05, 3.63) is 0 Å². The van der Waals surface area contributed by atoms with Gasteiger partial charge in [0.05, 0.1) is 0 Å². The molecule has 0 saturated carbocycles. The zero-order valence-corrected chi connectivity index (χ0v) is 9.97. The fraction of sp³-hybridized carbons (Fsp3) is 1.00. The molecule has 0 aromatic heterocycles. The highest BCUT2D eigenvalue weighted by molar-refractivity contribution is 4.69. The van der Waals surface area contributed by atoms with Crippen molar-refractivity contribution in [2.24, 2.45) is 5.73 Å². The maximum absolute atomic E-state index is 5.48. The fourth-order valence-corrected chi connectivity index (χ4v) is 1.93. The molecule has 0 radical (unpaired) electrons. The van der Waals surface area contributed by atoms with Crippen molar-refractivity contribution in [2.45, 2.75) is 25.8 Å². The van der Waals surface area contributed by atoms with Crippen LogP contribution in [0.3, 0.4) is 0 Å². The van der Waals surface area contributed by atoms with Gasteiger partial charge in [0.1, 0.15) is 0 Å². The highest BCUT2D eigenvalue weighted by Gasteiger charge is 2.08. The monoisotopic (exact) mass is 214 g/mol. The van der Waals surface area contributed by atoms with Crippen LogP contribution in [0.15, 0.2) is 0 Å². The van der Waals surface area contributed by atoms with Gasteiger partial charge in [0.25, 0.3) is 0 Å². The molecule has 90 valence electrons. The van der Waals surface area contributed by atoms with Crippen molar-refractivity contribution >= 4 is 0 Å². The molecule has 15 heavy (non-hydrogen) atoms. The lowest BCUT2D eigenvalue weighted by Gasteiger charge is -2.27. The molecule has 0 aliphatic carbocycles. The van der Waals surface area contributed by atoms with Crippen molar-refractivity contribution in [3.63, 3.8) is 0 Å². The molecule has 4 heteroatoms. The summed E-state index contributed by atoms with van der Waals surface area (Å²) in [5.41, 5.74) is 5.48. The Labute approximate surface area is 93.6 Å². The molecule has 0 aromatic carbocycles. The van der Waals surface area contributed by atoms with Crippen LogP contribution in [-0.4, -0.2) is 56.8 Å². The Balaban J connectivity index is 1.94. The first-order valence-electron chi connectivity index (χ1n) is 6.19. The third-order valence-electron chi connectivity index (χ3n) is 2.97. The molecule has 1 saturated heterocycles. The molecule has 0 aromatic rings. The smallest absolute Gasteiger partial charge is 0.0108 e. The quantitative estimate of drug-likeness (QED) is 0.540. The second kappa shape index (κ2) is 8.05. The van der Waals surface area contributed by atoms with Crippen LogP contribution >= 0.6 is 0 Å². The first kappa shape index (κ1) is 12.9. The summed E-state index contributed by atoms with van der Waals surface area (Å²) in [7, 11) is 0. The van der Waals surface area contributed by atoms with Crippen molar-refractivity contribution in [1.82, 2.24) is 15.5 Å². The Morgan fingerprint density at radius 3 is 2.80 bits per heavy atom. The molecule has 1 atom stereocenters. The summed E-state index contributed by atoms with van der Waals surface area (Å²) >= 11 is 0. The number of nitrogens with zero attached hydrogens (tertiary/aromatic N) is 1. The Hall–Kier alpha value is -0.160. The Morgan fingerprint density at radius 1 is 1.40 bits per heavy atom. The Kier molecular flexibility index (Phi) is 6.92. The lowest BCUT2D eigenvalue weighted by molar-refractivity contribution is 0.238. The molecule has 0 bridgehead atoms. The van der Waals surface area contributed by atoms with E-state index >= 15 is 0 Å². The molecule has 1 fully saturated rings. The minimum Gasteiger partial charge on any atom is -0.330 e. The van der Waals surface area contributed by atoms with Crippen molar-refractivity contribution in [1.29, 1.82) is 0 Å². The average molecular weight is 214 g/mol. The van der Waals surface area contributed by atoms with Gasteiger partial charge < -0.3 is 16.4 Å².